The van der Waals surface area contributed by atoms with Gasteiger partial charge in [-0.05, 0) is 43.7 Å². The number of carbonyl (C=O) groups excluding carboxylic acids is 2. The second-order valence-electron chi connectivity index (χ2n) is 8.05. The summed E-state index contributed by atoms with van der Waals surface area (Å²) in [4.78, 5) is 28.0. The van der Waals surface area contributed by atoms with Crippen LogP contribution in [0, 0.1) is 11.3 Å². The van der Waals surface area contributed by atoms with Crippen molar-refractivity contribution >= 4 is 17.6 Å². The fourth-order valence-corrected chi connectivity index (χ4v) is 4.13. The Bertz CT molecular complexity index is 1270. The van der Waals surface area contributed by atoms with Gasteiger partial charge < -0.3 is 24.8 Å². The number of hydrogen-bond acceptors (Lipinski definition) is 8. The number of esters is 2. The number of ether oxygens (including phenoxy) is 3. The zero-order chi connectivity index (χ0) is 27.1. The summed E-state index contributed by atoms with van der Waals surface area (Å²) in [5, 5.41) is 9.21. The average molecular weight is 512 g/mol. The molecule has 0 bridgehead atoms. The summed E-state index contributed by atoms with van der Waals surface area (Å²) in [5.41, 5.74) is 7.67. The van der Waals surface area contributed by atoms with E-state index in [0.29, 0.717) is 11.1 Å². The number of anilines is 1. The SMILES string of the molecule is CCOC(=O)C1=C(N)N(c2cccc(C(F)F)c2)C(C)=C(C(=O)OCCOC)C1c1ccc(C#N)cc1. The van der Waals surface area contributed by atoms with Crippen LogP contribution in [0.4, 0.5) is 14.5 Å². The highest BCUT2D eigenvalue weighted by molar-refractivity contribution is 6.01. The van der Waals surface area contributed by atoms with E-state index in [1.54, 1.807) is 44.2 Å². The lowest BCUT2D eigenvalue weighted by atomic mass is 9.80. The third-order valence-corrected chi connectivity index (χ3v) is 5.81. The minimum Gasteiger partial charge on any atom is -0.463 e. The van der Waals surface area contributed by atoms with Gasteiger partial charge in [0.25, 0.3) is 6.43 Å². The van der Waals surface area contributed by atoms with Crippen LogP contribution in [0.3, 0.4) is 0 Å². The molecule has 0 saturated heterocycles. The molecule has 0 saturated carbocycles. The highest BCUT2D eigenvalue weighted by atomic mass is 19.3. The van der Waals surface area contributed by atoms with Gasteiger partial charge in [-0.2, -0.15) is 5.26 Å². The quantitative estimate of drug-likeness (QED) is 0.392. The first-order valence-electron chi connectivity index (χ1n) is 11.5. The van der Waals surface area contributed by atoms with Crippen molar-refractivity contribution in [1.82, 2.24) is 0 Å². The number of hydrogen-bond donors (Lipinski definition) is 1. The fraction of sp³-hybridized carbons (Fsp3) is 0.296. The van der Waals surface area contributed by atoms with Crippen molar-refractivity contribution in [2.75, 3.05) is 31.8 Å². The maximum absolute atomic E-state index is 13.5. The van der Waals surface area contributed by atoms with Crippen LogP contribution in [0.1, 0.15) is 42.9 Å². The Balaban J connectivity index is 2.29. The minimum atomic E-state index is -2.74. The van der Waals surface area contributed by atoms with Crippen LogP contribution in [0.5, 0.6) is 0 Å². The molecule has 0 fully saturated rings. The maximum Gasteiger partial charge on any atom is 0.338 e. The molecule has 0 radical (unpaired) electrons. The molecule has 37 heavy (non-hydrogen) atoms. The fourth-order valence-electron chi connectivity index (χ4n) is 4.13. The van der Waals surface area contributed by atoms with Crippen molar-refractivity contribution in [2.24, 2.45) is 5.73 Å². The number of nitrogens with two attached hydrogens (primary N) is 1. The summed E-state index contributed by atoms with van der Waals surface area (Å²) in [7, 11) is 1.46. The first kappa shape index (κ1) is 27.4. The number of alkyl halides is 2. The summed E-state index contributed by atoms with van der Waals surface area (Å²) >= 11 is 0. The van der Waals surface area contributed by atoms with Crippen LogP contribution in [0.25, 0.3) is 0 Å². The standard InChI is InChI=1S/C27H27F2N3O5/c1-4-36-27(34)23-22(18-10-8-17(15-30)9-11-18)21(26(33)37-13-12-35-3)16(2)32(25(23)31)20-7-5-6-19(14-20)24(28)29/h5-11,14,22,24H,4,12-13,31H2,1-3H3. The number of halogens is 2. The number of allylic oxidation sites excluding steroid dienone is 1. The lowest BCUT2D eigenvalue weighted by Crippen LogP contribution is -2.39. The molecule has 2 N–H and O–H groups in total. The van der Waals surface area contributed by atoms with Gasteiger partial charge in [-0.15, -0.1) is 0 Å². The van der Waals surface area contributed by atoms with Crippen molar-refractivity contribution < 1.29 is 32.6 Å². The lowest BCUT2D eigenvalue weighted by Gasteiger charge is -2.37. The molecule has 2 aromatic rings. The number of nitriles is 1. The molecule has 8 nitrogen and oxygen atoms in total. The van der Waals surface area contributed by atoms with Gasteiger partial charge in [0.05, 0.1) is 41.9 Å². The van der Waals surface area contributed by atoms with E-state index in [-0.39, 0.29) is 53.7 Å². The second kappa shape index (κ2) is 12.1. The van der Waals surface area contributed by atoms with E-state index in [1.165, 1.54) is 30.2 Å². The number of nitrogens with zero attached hydrogens (tertiary/aromatic N) is 2. The minimum absolute atomic E-state index is 0.0346. The van der Waals surface area contributed by atoms with Crippen molar-refractivity contribution in [3.05, 3.63) is 87.9 Å². The zero-order valence-electron chi connectivity index (χ0n) is 20.7. The largest absolute Gasteiger partial charge is 0.463 e. The average Bonchev–Trinajstić information content (AvgIpc) is 2.88. The predicted octanol–water partition coefficient (Wildman–Crippen LogP) is 4.30. The van der Waals surface area contributed by atoms with E-state index in [2.05, 4.69) is 0 Å². The molecule has 194 valence electrons. The third kappa shape index (κ3) is 5.78. The number of rotatable bonds is 9. The summed E-state index contributed by atoms with van der Waals surface area (Å²) < 4.78 is 42.6. The molecule has 10 heteroatoms. The van der Waals surface area contributed by atoms with E-state index in [4.69, 9.17) is 19.9 Å². The van der Waals surface area contributed by atoms with Crippen LogP contribution in [0.15, 0.2) is 71.2 Å². The molecule has 1 atom stereocenters. The monoisotopic (exact) mass is 511 g/mol. The summed E-state index contributed by atoms with van der Waals surface area (Å²) in [6.45, 7) is 3.34. The Morgan fingerprint density at radius 3 is 2.35 bits per heavy atom. The predicted molar refractivity (Wildman–Crippen MR) is 131 cm³/mol. The lowest BCUT2D eigenvalue weighted by molar-refractivity contribution is -0.140. The Labute approximate surface area is 213 Å². The molecule has 0 amide bonds. The van der Waals surface area contributed by atoms with E-state index < -0.39 is 24.3 Å². The molecule has 1 unspecified atom stereocenters. The number of benzene rings is 2. The van der Waals surface area contributed by atoms with Gasteiger partial charge in [0.2, 0.25) is 0 Å². The molecule has 1 aliphatic rings. The Hall–Kier alpha value is -4.23. The molecular formula is C27H27F2N3O5. The first-order valence-corrected chi connectivity index (χ1v) is 11.5. The smallest absolute Gasteiger partial charge is 0.338 e. The molecule has 0 aliphatic carbocycles. The summed E-state index contributed by atoms with van der Waals surface area (Å²) in [6, 6.07) is 13.8. The van der Waals surface area contributed by atoms with Crippen LogP contribution in [-0.2, 0) is 23.8 Å². The van der Waals surface area contributed by atoms with Crippen molar-refractivity contribution in [2.45, 2.75) is 26.2 Å². The van der Waals surface area contributed by atoms with Gasteiger partial charge in [0.1, 0.15) is 12.4 Å². The maximum atomic E-state index is 13.5. The molecule has 0 aromatic heterocycles. The van der Waals surface area contributed by atoms with Gasteiger partial charge in [0.15, 0.2) is 0 Å². The molecule has 1 heterocycles. The van der Waals surface area contributed by atoms with Crippen molar-refractivity contribution in [3.63, 3.8) is 0 Å². The molecule has 2 aromatic carbocycles. The Morgan fingerprint density at radius 1 is 1.08 bits per heavy atom. The summed E-state index contributed by atoms with van der Waals surface area (Å²) in [5.74, 6) is -2.60. The third-order valence-electron chi connectivity index (χ3n) is 5.81. The normalized spacial score (nSPS) is 15.6. The van der Waals surface area contributed by atoms with Crippen LogP contribution in [0.2, 0.25) is 0 Å². The molecule has 3 rings (SSSR count). The zero-order valence-corrected chi connectivity index (χ0v) is 20.7. The van der Waals surface area contributed by atoms with Crippen LogP contribution in [-0.4, -0.2) is 38.9 Å². The topological polar surface area (TPSA) is 115 Å². The summed E-state index contributed by atoms with van der Waals surface area (Å²) in [6.07, 6.45) is -2.74. The Morgan fingerprint density at radius 2 is 1.76 bits per heavy atom. The Kier molecular flexibility index (Phi) is 8.98. The number of carbonyl (C=O) groups is 2. The van der Waals surface area contributed by atoms with Gasteiger partial charge >= 0.3 is 11.9 Å². The highest BCUT2D eigenvalue weighted by Gasteiger charge is 2.42. The van der Waals surface area contributed by atoms with E-state index in [1.807, 2.05) is 6.07 Å². The van der Waals surface area contributed by atoms with Crippen LogP contribution < -0.4 is 10.6 Å². The van der Waals surface area contributed by atoms with Gasteiger partial charge in [0, 0.05) is 24.1 Å². The molecule has 0 spiro atoms. The van der Waals surface area contributed by atoms with E-state index in [9.17, 15) is 23.6 Å². The highest BCUT2D eigenvalue weighted by Crippen LogP contribution is 2.43. The van der Waals surface area contributed by atoms with Crippen LogP contribution >= 0.6 is 0 Å². The number of methoxy groups -OCH3 is 1. The molecular weight excluding hydrogens is 484 g/mol. The van der Waals surface area contributed by atoms with E-state index >= 15 is 0 Å². The molecule has 1 aliphatic heterocycles. The van der Waals surface area contributed by atoms with E-state index in [0.717, 1.165) is 0 Å². The van der Waals surface area contributed by atoms with Gasteiger partial charge in [-0.25, -0.2) is 18.4 Å². The second-order valence-corrected chi connectivity index (χ2v) is 8.05. The van der Waals surface area contributed by atoms with Crippen molar-refractivity contribution in [1.29, 1.82) is 5.26 Å². The van der Waals surface area contributed by atoms with Crippen molar-refractivity contribution in [3.8, 4) is 6.07 Å². The van der Waals surface area contributed by atoms with Gasteiger partial charge in [-0.1, -0.05) is 24.3 Å². The van der Waals surface area contributed by atoms with Gasteiger partial charge in [-0.3, -0.25) is 0 Å². The first-order chi connectivity index (χ1) is 17.7.